The minimum absolute atomic E-state index is 0.108. The second kappa shape index (κ2) is 6.32. The highest BCUT2D eigenvalue weighted by atomic mass is 31.2. The van der Waals surface area contributed by atoms with E-state index in [1.165, 1.54) is 22.1 Å². The molecule has 1 aromatic rings. The highest BCUT2D eigenvalue weighted by Crippen LogP contribution is 2.48. The molecule has 1 fully saturated rings. The molecular formula is C21H34NP. The number of nitrogens with zero attached hydrogens (tertiary/aromatic N) is 1. The van der Waals surface area contributed by atoms with Gasteiger partial charge in [-0.3, -0.25) is 0 Å². The van der Waals surface area contributed by atoms with Crippen LogP contribution in [0.3, 0.4) is 0 Å². The number of hydrogen-bond donors (Lipinski definition) is 0. The monoisotopic (exact) mass is 331 g/mol. The molecule has 1 aromatic carbocycles. The Bertz CT molecular complexity index is 597. The van der Waals surface area contributed by atoms with Crippen LogP contribution in [-0.2, 0) is 0 Å². The van der Waals surface area contributed by atoms with Gasteiger partial charge in [0.05, 0.1) is 0 Å². The predicted molar refractivity (Wildman–Crippen MR) is 109 cm³/mol. The van der Waals surface area contributed by atoms with Crippen molar-refractivity contribution in [3.8, 4) is 0 Å². The van der Waals surface area contributed by atoms with Gasteiger partial charge in [-0.25, -0.2) is 0 Å². The van der Waals surface area contributed by atoms with E-state index in [1.807, 2.05) is 0 Å². The van der Waals surface area contributed by atoms with E-state index >= 15 is 0 Å². The molecule has 1 nitrogen and oxygen atoms in total. The lowest BCUT2D eigenvalue weighted by atomic mass is 9.90. The van der Waals surface area contributed by atoms with Crippen molar-refractivity contribution < 1.29 is 0 Å². The molecule has 2 radical (unpaired) electrons. The SMILES string of the molecule is CC(C)c1cccc(C(C)C)c1N1[C]C(=P(C)(C)C)CC1(C)C. The summed E-state index contributed by atoms with van der Waals surface area (Å²) in [6, 6.07) is 6.82. The third-order valence-corrected chi connectivity index (χ3v) is 6.70. The van der Waals surface area contributed by atoms with Crippen molar-refractivity contribution in [2.45, 2.75) is 65.3 Å². The van der Waals surface area contributed by atoms with Crippen LogP contribution in [0.2, 0.25) is 0 Å². The Hall–Kier alpha value is -0.680. The first kappa shape index (κ1) is 18.7. The van der Waals surface area contributed by atoms with Crippen LogP contribution in [0.4, 0.5) is 5.69 Å². The van der Waals surface area contributed by atoms with Gasteiger partial charge in [0.15, 0.2) is 0 Å². The smallest absolute Gasteiger partial charge is 0.122 e. The molecule has 0 aliphatic carbocycles. The zero-order chi connectivity index (χ0) is 17.6. The standard InChI is InChI=1S/C21H34NP/c1-15(2)18-11-10-12-19(16(3)4)20(18)22-14-17(23(7,8)9)13-21(22,5)6/h10-12,15-16H,13H2,1-9H3. The molecule has 1 aliphatic rings. The Balaban J connectivity index is 2.66. The van der Waals surface area contributed by atoms with Gasteiger partial charge in [-0.2, -0.15) is 0 Å². The zero-order valence-corrected chi connectivity index (χ0v) is 17.4. The van der Waals surface area contributed by atoms with Crippen molar-refractivity contribution in [2.75, 3.05) is 24.9 Å². The third kappa shape index (κ3) is 3.71. The predicted octanol–water partition coefficient (Wildman–Crippen LogP) is 6.04. The summed E-state index contributed by atoms with van der Waals surface area (Å²) in [5.74, 6) is 1.05. The van der Waals surface area contributed by atoms with Crippen molar-refractivity contribution in [3.05, 3.63) is 35.9 Å². The third-order valence-electron chi connectivity index (χ3n) is 4.82. The molecule has 2 rings (SSSR count). The van der Waals surface area contributed by atoms with Gasteiger partial charge in [0.1, 0.15) is 6.54 Å². The molecule has 0 aromatic heterocycles. The maximum atomic E-state index is 3.83. The minimum Gasteiger partial charge on any atom is -0.351 e. The van der Waals surface area contributed by atoms with Crippen LogP contribution in [0, 0.1) is 6.54 Å². The highest BCUT2D eigenvalue weighted by Gasteiger charge is 2.40. The Kier molecular flexibility index (Phi) is 5.13. The van der Waals surface area contributed by atoms with Gasteiger partial charge in [-0.15, -0.1) is 6.89 Å². The topological polar surface area (TPSA) is 3.24 Å². The summed E-state index contributed by atoms with van der Waals surface area (Å²) in [4.78, 5) is 2.47. The first-order chi connectivity index (χ1) is 10.4. The largest absolute Gasteiger partial charge is 0.351 e. The quantitative estimate of drug-likeness (QED) is 0.610. The summed E-state index contributed by atoms with van der Waals surface area (Å²) in [6.45, 7) is 24.0. The van der Waals surface area contributed by atoms with Crippen LogP contribution in [0.25, 0.3) is 0 Å². The van der Waals surface area contributed by atoms with E-state index < -0.39 is 6.89 Å². The summed E-state index contributed by atoms with van der Waals surface area (Å²) in [5.41, 5.74) is 4.42. The number of hydrogen-bond acceptors (Lipinski definition) is 1. The molecule has 0 spiro atoms. The summed E-state index contributed by atoms with van der Waals surface area (Å²) in [5, 5.41) is 1.54. The van der Waals surface area contributed by atoms with Crippen molar-refractivity contribution >= 4 is 17.9 Å². The maximum Gasteiger partial charge on any atom is 0.122 e. The van der Waals surface area contributed by atoms with E-state index in [0.29, 0.717) is 11.8 Å². The number of anilines is 1. The fraction of sp³-hybridized carbons (Fsp3) is 0.619. The summed E-state index contributed by atoms with van der Waals surface area (Å²) in [7, 11) is 0. The Labute approximate surface area is 144 Å². The lowest BCUT2D eigenvalue weighted by Crippen LogP contribution is -2.37. The van der Waals surface area contributed by atoms with Crippen molar-refractivity contribution in [1.29, 1.82) is 0 Å². The van der Waals surface area contributed by atoms with Crippen molar-refractivity contribution in [3.63, 3.8) is 0 Å². The Morgan fingerprint density at radius 1 is 1.00 bits per heavy atom. The van der Waals surface area contributed by atoms with Gasteiger partial charge >= 0.3 is 0 Å². The van der Waals surface area contributed by atoms with Gasteiger partial charge in [0.2, 0.25) is 0 Å². The lowest BCUT2D eigenvalue weighted by molar-refractivity contribution is 0.539. The molecule has 0 atom stereocenters. The Morgan fingerprint density at radius 3 is 1.83 bits per heavy atom. The van der Waals surface area contributed by atoms with Crippen LogP contribution < -0.4 is 4.90 Å². The van der Waals surface area contributed by atoms with E-state index in [2.05, 4.69) is 91.2 Å². The first-order valence-electron chi connectivity index (χ1n) is 8.82. The van der Waals surface area contributed by atoms with Gasteiger partial charge in [-0.05, 0) is 68.5 Å². The summed E-state index contributed by atoms with van der Waals surface area (Å²) >= 11 is 0. The molecule has 0 amide bonds. The van der Waals surface area contributed by atoms with Crippen LogP contribution in [-0.4, -0.2) is 30.8 Å². The van der Waals surface area contributed by atoms with Crippen LogP contribution in [0.5, 0.6) is 0 Å². The number of para-hydroxylation sites is 1. The number of rotatable bonds is 3. The fourth-order valence-corrected chi connectivity index (χ4v) is 4.59. The molecule has 23 heavy (non-hydrogen) atoms. The minimum atomic E-state index is -1.01. The van der Waals surface area contributed by atoms with Gasteiger partial charge in [0.25, 0.3) is 0 Å². The maximum absolute atomic E-state index is 3.83. The van der Waals surface area contributed by atoms with Gasteiger partial charge in [-0.1, -0.05) is 45.9 Å². The fourth-order valence-electron chi connectivity index (χ4n) is 3.32. The highest BCUT2D eigenvalue weighted by molar-refractivity contribution is 7.74. The van der Waals surface area contributed by atoms with E-state index in [0.717, 1.165) is 6.42 Å². The molecule has 0 bridgehead atoms. The van der Waals surface area contributed by atoms with E-state index in [9.17, 15) is 0 Å². The molecule has 1 heterocycles. The Morgan fingerprint density at radius 2 is 1.48 bits per heavy atom. The van der Waals surface area contributed by atoms with Crippen molar-refractivity contribution in [2.24, 2.45) is 0 Å². The molecule has 2 heteroatoms. The van der Waals surface area contributed by atoms with Gasteiger partial charge in [0, 0.05) is 11.2 Å². The van der Waals surface area contributed by atoms with Crippen molar-refractivity contribution in [1.82, 2.24) is 0 Å². The van der Waals surface area contributed by atoms with Gasteiger partial charge < -0.3 is 4.90 Å². The normalized spacial score (nSPS) is 18.4. The van der Waals surface area contributed by atoms with E-state index in [1.54, 1.807) is 0 Å². The molecular weight excluding hydrogens is 297 g/mol. The number of benzene rings is 1. The van der Waals surface area contributed by atoms with E-state index in [4.69, 9.17) is 0 Å². The van der Waals surface area contributed by atoms with Crippen LogP contribution in [0.1, 0.15) is 70.9 Å². The molecule has 1 aliphatic heterocycles. The molecule has 1 saturated heterocycles. The first-order valence-corrected chi connectivity index (χ1v) is 12.0. The second-order valence-corrected chi connectivity index (χ2v) is 13.6. The average Bonchev–Trinajstić information content (AvgIpc) is 2.73. The summed E-state index contributed by atoms with van der Waals surface area (Å²) < 4.78 is 0. The van der Waals surface area contributed by atoms with Crippen LogP contribution >= 0.6 is 6.89 Å². The summed E-state index contributed by atoms with van der Waals surface area (Å²) in [6.07, 6.45) is 1.13. The molecule has 0 saturated carbocycles. The molecule has 0 unspecified atom stereocenters. The second-order valence-electron chi connectivity index (χ2n) is 8.99. The van der Waals surface area contributed by atoms with E-state index in [-0.39, 0.29) is 5.54 Å². The average molecular weight is 331 g/mol. The molecule has 0 N–H and O–H groups in total. The zero-order valence-electron chi connectivity index (χ0n) is 16.5. The van der Waals surface area contributed by atoms with Crippen LogP contribution in [0.15, 0.2) is 18.2 Å². The molecule has 128 valence electrons. The lowest BCUT2D eigenvalue weighted by Gasteiger charge is -2.37.